The van der Waals surface area contributed by atoms with E-state index in [2.05, 4.69) is 29.4 Å². The number of nitrogens with two attached hydrogens (primary N) is 1. The molecule has 0 spiro atoms. The van der Waals surface area contributed by atoms with Crippen LogP contribution >= 0.6 is 0 Å². The lowest BCUT2D eigenvalue weighted by Gasteiger charge is -2.08. The zero-order valence-electron chi connectivity index (χ0n) is 15.6. The molecular weight excluding hydrogens is 348 g/mol. The van der Waals surface area contributed by atoms with E-state index in [1.807, 2.05) is 55.5 Å². The maximum absolute atomic E-state index is 9.52. The highest BCUT2D eigenvalue weighted by Gasteiger charge is 2.17. The summed E-state index contributed by atoms with van der Waals surface area (Å²) in [5.74, 6) is 0.579. The summed E-state index contributed by atoms with van der Waals surface area (Å²) in [6.45, 7) is 2.84. The minimum atomic E-state index is 0.265. The Morgan fingerprint density at radius 3 is 2.57 bits per heavy atom. The minimum Gasteiger partial charge on any atom is -0.471 e. The van der Waals surface area contributed by atoms with E-state index < -0.39 is 0 Å². The second-order valence-corrected chi connectivity index (χ2v) is 6.75. The molecule has 0 radical (unpaired) electrons. The minimum absolute atomic E-state index is 0.265. The van der Waals surface area contributed by atoms with Crippen LogP contribution in [0.3, 0.4) is 0 Å². The van der Waals surface area contributed by atoms with Crippen molar-refractivity contribution >= 4 is 16.6 Å². The second-order valence-electron chi connectivity index (χ2n) is 6.75. The normalized spacial score (nSPS) is 10.7. The van der Waals surface area contributed by atoms with Crippen LogP contribution in [-0.2, 0) is 13.2 Å². The van der Waals surface area contributed by atoms with E-state index in [1.54, 1.807) is 4.68 Å². The molecule has 0 aliphatic rings. The average molecular weight is 368 g/mol. The van der Waals surface area contributed by atoms with Gasteiger partial charge in [-0.15, -0.1) is 5.10 Å². The van der Waals surface area contributed by atoms with Crippen molar-refractivity contribution in [2.45, 2.75) is 20.1 Å². The largest absolute Gasteiger partial charge is 0.471 e. The summed E-state index contributed by atoms with van der Waals surface area (Å²) in [7, 11) is 0. The lowest BCUT2D eigenvalue weighted by Crippen LogP contribution is -2.07. The number of benzene rings is 3. The van der Waals surface area contributed by atoms with E-state index in [4.69, 9.17) is 10.5 Å². The second kappa shape index (κ2) is 7.45. The smallest absolute Gasteiger partial charge is 0.253 e. The number of nitrogen functional groups attached to an aromatic ring is 1. The maximum atomic E-state index is 9.52. The summed E-state index contributed by atoms with van der Waals surface area (Å²) in [5.41, 5.74) is 9.75. The van der Waals surface area contributed by atoms with Crippen LogP contribution < -0.4 is 10.5 Å². The Bertz CT molecular complexity index is 1160. The summed E-state index contributed by atoms with van der Waals surface area (Å²) < 4.78 is 7.44. The highest BCUT2D eigenvalue weighted by molar-refractivity contribution is 5.85. The molecule has 0 aliphatic carbocycles. The molecule has 0 amide bonds. The Hall–Kier alpha value is -3.78. The molecule has 4 rings (SSSR count). The van der Waals surface area contributed by atoms with E-state index in [0.717, 1.165) is 21.9 Å². The molecule has 0 fully saturated rings. The number of anilines is 1. The molecule has 28 heavy (non-hydrogen) atoms. The van der Waals surface area contributed by atoms with Gasteiger partial charge < -0.3 is 10.5 Å². The fraction of sp³-hybridized carbons (Fsp3) is 0.130. The number of aromatic nitrogens is 2. The molecule has 2 N–H and O–H groups in total. The molecule has 0 saturated heterocycles. The van der Waals surface area contributed by atoms with Gasteiger partial charge in [0.05, 0.1) is 6.54 Å². The molecule has 5 heteroatoms. The van der Waals surface area contributed by atoms with Gasteiger partial charge in [-0.05, 0) is 28.8 Å². The Morgan fingerprint density at radius 2 is 1.79 bits per heavy atom. The molecule has 138 valence electrons. The maximum Gasteiger partial charge on any atom is 0.253 e. The lowest BCUT2D eigenvalue weighted by molar-refractivity contribution is 0.289. The van der Waals surface area contributed by atoms with Gasteiger partial charge in [-0.2, -0.15) is 5.26 Å². The van der Waals surface area contributed by atoms with Crippen molar-refractivity contribution in [3.05, 3.63) is 89.0 Å². The Kier molecular flexibility index (Phi) is 4.69. The van der Waals surface area contributed by atoms with Crippen LogP contribution in [0, 0.1) is 18.3 Å². The third-order valence-electron chi connectivity index (χ3n) is 4.77. The van der Waals surface area contributed by atoms with Crippen LogP contribution in [0.1, 0.15) is 22.3 Å². The van der Waals surface area contributed by atoms with Gasteiger partial charge in [0.2, 0.25) is 0 Å². The SMILES string of the molecule is Cc1ccc(COc2nn(Cc3cccc4ccccc34)c(N)c2C#N)cc1. The van der Waals surface area contributed by atoms with Crippen LogP contribution in [0.4, 0.5) is 5.82 Å². The van der Waals surface area contributed by atoms with Crippen molar-refractivity contribution in [1.82, 2.24) is 9.78 Å². The van der Waals surface area contributed by atoms with Crippen molar-refractivity contribution in [3.63, 3.8) is 0 Å². The van der Waals surface area contributed by atoms with E-state index in [-0.39, 0.29) is 11.4 Å². The molecule has 4 aromatic rings. The van der Waals surface area contributed by atoms with Gasteiger partial charge in [-0.25, -0.2) is 4.68 Å². The van der Waals surface area contributed by atoms with Crippen molar-refractivity contribution < 1.29 is 4.74 Å². The highest BCUT2D eigenvalue weighted by Crippen LogP contribution is 2.26. The average Bonchev–Trinajstić information content (AvgIpc) is 3.02. The number of hydrogen-bond acceptors (Lipinski definition) is 4. The zero-order valence-corrected chi connectivity index (χ0v) is 15.6. The van der Waals surface area contributed by atoms with Crippen LogP contribution in [-0.4, -0.2) is 9.78 Å². The first-order valence-electron chi connectivity index (χ1n) is 9.07. The summed E-state index contributed by atoms with van der Waals surface area (Å²) in [6.07, 6.45) is 0. The number of nitrogens with zero attached hydrogens (tertiary/aromatic N) is 3. The van der Waals surface area contributed by atoms with Gasteiger partial charge in [0.1, 0.15) is 18.5 Å². The number of rotatable bonds is 5. The molecular formula is C23H20N4O. The fourth-order valence-corrected chi connectivity index (χ4v) is 3.21. The van der Waals surface area contributed by atoms with E-state index in [1.165, 1.54) is 5.56 Å². The fourth-order valence-electron chi connectivity index (χ4n) is 3.21. The molecule has 0 unspecified atom stereocenters. The number of hydrogen-bond donors (Lipinski definition) is 1. The molecule has 0 aliphatic heterocycles. The summed E-state index contributed by atoms with van der Waals surface area (Å²) in [6, 6.07) is 24.5. The number of nitriles is 1. The Balaban J connectivity index is 1.61. The lowest BCUT2D eigenvalue weighted by atomic mass is 10.0. The Labute approximate surface area is 163 Å². The van der Waals surface area contributed by atoms with Crippen molar-refractivity contribution in [1.29, 1.82) is 5.26 Å². The summed E-state index contributed by atoms with van der Waals surface area (Å²) in [5, 5.41) is 16.3. The topological polar surface area (TPSA) is 76.9 Å². The van der Waals surface area contributed by atoms with Gasteiger partial charge >= 0.3 is 0 Å². The first kappa shape index (κ1) is 17.6. The third-order valence-corrected chi connectivity index (χ3v) is 4.77. The predicted molar refractivity (Wildman–Crippen MR) is 110 cm³/mol. The molecule has 5 nitrogen and oxygen atoms in total. The van der Waals surface area contributed by atoms with Crippen LogP contribution in [0.25, 0.3) is 10.8 Å². The van der Waals surface area contributed by atoms with E-state index in [9.17, 15) is 5.26 Å². The van der Waals surface area contributed by atoms with Crippen molar-refractivity contribution in [3.8, 4) is 11.9 Å². The quantitative estimate of drug-likeness (QED) is 0.565. The van der Waals surface area contributed by atoms with Crippen LogP contribution in [0.5, 0.6) is 5.88 Å². The first-order valence-corrected chi connectivity index (χ1v) is 9.07. The van der Waals surface area contributed by atoms with E-state index in [0.29, 0.717) is 19.0 Å². The van der Waals surface area contributed by atoms with E-state index >= 15 is 0 Å². The third kappa shape index (κ3) is 3.40. The highest BCUT2D eigenvalue weighted by atomic mass is 16.5. The summed E-state index contributed by atoms with van der Waals surface area (Å²) >= 11 is 0. The monoisotopic (exact) mass is 368 g/mol. The van der Waals surface area contributed by atoms with Crippen LogP contribution in [0.2, 0.25) is 0 Å². The molecule has 0 atom stereocenters. The van der Waals surface area contributed by atoms with Gasteiger partial charge in [-0.1, -0.05) is 72.3 Å². The molecule has 0 saturated carbocycles. The van der Waals surface area contributed by atoms with Gasteiger partial charge in [0.25, 0.3) is 5.88 Å². The first-order chi connectivity index (χ1) is 13.7. The molecule has 3 aromatic carbocycles. The van der Waals surface area contributed by atoms with Crippen molar-refractivity contribution in [2.75, 3.05) is 5.73 Å². The van der Waals surface area contributed by atoms with Gasteiger partial charge in [0.15, 0.2) is 5.56 Å². The molecule has 1 aromatic heterocycles. The van der Waals surface area contributed by atoms with Gasteiger partial charge in [0, 0.05) is 0 Å². The Morgan fingerprint density at radius 1 is 1.04 bits per heavy atom. The standard InChI is InChI=1S/C23H20N4O/c1-16-9-11-17(12-10-16)15-28-23-21(13-24)22(25)27(26-23)14-19-7-4-6-18-5-2-3-8-20(18)19/h2-12H,14-15,25H2,1H3. The summed E-state index contributed by atoms with van der Waals surface area (Å²) in [4.78, 5) is 0. The van der Waals surface area contributed by atoms with Crippen LogP contribution in [0.15, 0.2) is 66.7 Å². The van der Waals surface area contributed by atoms with Crippen molar-refractivity contribution in [2.24, 2.45) is 0 Å². The molecule has 0 bridgehead atoms. The number of aryl methyl sites for hydroxylation is 1. The van der Waals surface area contributed by atoms with Gasteiger partial charge in [-0.3, -0.25) is 0 Å². The molecule has 1 heterocycles. The zero-order chi connectivity index (χ0) is 19.5. The number of fused-ring (bicyclic) bond motifs is 1. The predicted octanol–water partition coefficient (Wildman–Crippen LogP) is 4.43. The number of ether oxygens (including phenoxy) is 1.